The van der Waals surface area contributed by atoms with Gasteiger partial charge in [-0.3, -0.25) is 0 Å². The molecule has 2 atom stereocenters. The van der Waals surface area contributed by atoms with Gasteiger partial charge in [0.1, 0.15) is 0 Å². The molecule has 1 fully saturated rings. The molecule has 0 N–H and O–H groups in total. The first kappa shape index (κ1) is 9.71. The first-order valence-corrected chi connectivity index (χ1v) is 5.37. The predicted octanol–water partition coefficient (Wildman–Crippen LogP) is 1.93. The number of nitrogens with zero attached hydrogens (tertiary/aromatic N) is 3. The number of aromatic nitrogens is 2. The zero-order valence-electron chi connectivity index (χ0n) is 8.23. The van der Waals surface area contributed by atoms with Gasteiger partial charge in [0.15, 0.2) is 0 Å². The van der Waals surface area contributed by atoms with E-state index in [1.54, 1.807) is 12.4 Å². The highest BCUT2D eigenvalue weighted by Gasteiger charge is 2.25. The number of halogens is 1. The summed E-state index contributed by atoms with van der Waals surface area (Å²) >= 11 is 6.15. The summed E-state index contributed by atoms with van der Waals surface area (Å²) in [6, 6.07) is 1.83. The van der Waals surface area contributed by atoms with Crippen LogP contribution in [0.1, 0.15) is 13.3 Å². The largest absolute Gasteiger partial charge is 0.340 e. The summed E-state index contributed by atoms with van der Waals surface area (Å²) in [5, 5.41) is 0.301. The minimum absolute atomic E-state index is 0.301. The second-order valence-corrected chi connectivity index (χ2v) is 4.34. The lowest BCUT2D eigenvalue weighted by molar-refractivity contribution is 0.449. The maximum atomic E-state index is 6.15. The molecule has 0 amide bonds. The summed E-state index contributed by atoms with van der Waals surface area (Å²) in [6.07, 6.45) is 4.57. The smallest absolute Gasteiger partial charge is 0.225 e. The third kappa shape index (κ3) is 1.98. The molecule has 14 heavy (non-hydrogen) atoms. The van der Waals surface area contributed by atoms with E-state index in [2.05, 4.69) is 21.8 Å². The van der Waals surface area contributed by atoms with Crippen LogP contribution in [-0.2, 0) is 0 Å². The number of anilines is 1. The molecule has 0 bridgehead atoms. The third-order valence-corrected chi connectivity index (χ3v) is 3.28. The molecule has 2 rings (SSSR count). The van der Waals surface area contributed by atoms with Crippen molar-refractivity contribution in [3.8, 4) is 0 Å². The lowest BCUT2D eigenvalue weighted by Gasteiger charge is -2.33. The van der Waals surface area contributed by atoms with E-state index in [-0.39, 0.29) is 0 Å². The molecule has 4 heteroatoms. The second kappa shape index (κ2) is 4.13. The lowest BCUT2D eigenvalue weighted by atomic mass is 10.00. The molecule has 0 aromatic carbocycles. The molecule has 0 spiro atoms. The van der Waals surface area contributed by atoms with Crippen molar-refractivity contribution in [3.05, 3.63) is 18.5 Å². The van der Waals surface area contributed by atoms with Crippen molar-refractivity contribution in [1.82, 2.24) is 9.97 Å². The van der Waals surface area contributed by atoms with Gasteiger partial charge in [-0.05, 0) is 18.4 Å². The van der Waals surface area contributed by atoms with Gasteiger partial charge in [0.2, 0.25) is 5.95 Å². The van der Waals surface area contributed by atoms with E-state index in [4.69, 9.17) is 11.6 Å². The van der Waals surface area contributed by atoms with Crippen LogP contribution in [0, 0.1) is 5.92 Å². The maximum absolute atomic E-state index is 6.15. The van der Waals surface area contributed by atoms with Gasteiger partial charge in [0, 0.05) is 30.9 Å². The van der Waals surface area contributed by atoms with E-state index < -0.39 is 0 Å². The first-order chi connectivity index (χ1) is 6.77. The van der Waals surface area contributed by atoms with Crippen molar-refractivity contribution in [2.75, 3.05) is 18.0 Å². The Labute approximate surface area is 89.1 Å². The number of rotatable bonds is 1. The van der Waals surface area contributed by atoms with E-state index >= 15 is 0 Å². The van der Waals surface area contributed by atoms with Gasteiger partial charge in [0.05, 0.1) is 0 Å². The molecule has 1 saturated heterocycles. The molecule has 2 unspecified atom stereocenters. The van der Waals surface area contributed by atoms with Gasteiger partial charge < -0.3 is 4.90 Å². The highest BCUT2D eigenvalue weighted by Crippen LogP contribution is 2.23. The average Bonchev–Trinajstić information content (AvgIpc) is 2.23. The summed E-state index contributed by atoms with van der Waals surface area (Å²) < 4.78 is 0. The Balaban J connectivity index is 2.07. The van der Waals surface area contributed by atoms with E-state index in [1.165, 1.54) is 0 Å². The maximum Gasteiger partial charge on any atom is 0.225 e. The van der Waals surface area contributed by atoms with Crippen molar-refractivity contribution in [1.29, 1.82) is 0 Å². The van der Waals surface area contributed by atoms with Crippen molar-refractivity contribution in [2.45, 2.75) is 18.7 Å². The number of alkyl halides is 1. The Bertz CT molecular complexity index is 291. The summed E-state index contributed by atoms with van der Waals surface area (Å²) in [5.74, 6) is 1.33. The number of hydrogen-bond acceptors (Lipinski definition) is 3. The Kier molecular flexibility index (Phi) is 2.87. The summed E-state index contributed by atoms with van der Waals surface area (Å²) in [6.45, 7) is 4.09. The van der Waals surface area contributed by atoms with Crippen LogP contribution < -0.4 is 4.90 Å². The fraction of sp³-hybridized carbons (Fsp3) is 0.600. The molecule has 1 aromatic heterocycles. The van der Waals surface area contributed by atoms with E-state index in [1.807, 2.05) is 6.07 Å². The molecular formula is C10H14ClN3. The molecule has 0 radical (unpaired) electrons. The zero-order valence-corrected chi connectivity index (χ0v) is 8.98. The highest BCUT2D eigenvalue weighted by molar-refractivity contribution is 6.20. The normalized spacial score (nSPS) is 27.7. The van der Waals surface area contributed by atoms with Crippen LogP contribution in [0.3, 0.4) is 0 Å². The molecule has 2 heterocycles. The van der Waals surface area contributed by atoms with Crippen LogP contribution in [0.5, 0.6) is 0 Å². The van der Waals surface area contributed by atoms with Crippen molar-refractivity contribution in [2.24, 2.45) is 5.92 Å². The van der Waals surface area contributed by atoms with Crippen LogP contribution in [0.2, 0.25) is 0 Å². The monoisotopic (exact) mass is 211 g/mol. The summed E-state index contributed by atoms with van der Waals surface area (Å²) in [7, 11) is 0. The van der Waals surface area contributed by atoms with Crippen molar-refractivity contribution < 1.29 is 0 Å². The minimum atomic E-state index is 0.301. The average molecular weight is 212 g/mol. The number of hydrogen-bond donors (Lipinski definition) is 0. The molecule has 1 aromatic rings. The van der Waals surface area contributed by atoms with Gasteiger partial charge in [-0.2, -0.15) is 0 Å². The Morgan fingerprint density at radius 3 is 2.79 bits per heavy atom. The van der Waals surface area contributed by atoms with Crippen molar-refractivity contribution in [3.63, 3.8) is 0 Å². The summed E-state index contributed by atoms with van der Waals surface area (Å²) in [5.41, 5.74) is 0. The fourth-order valence-electron chi connectivity index (χ4n) is 1.75. The minimum Gasteiger partial charge on any atom is -0.340 e. The Hall–Kier alpha value is -0.830. The predicted molar refractivity (Wildman–Crippen MR) is 57.7 cm³/mol. The lowest BCUT2D eigenvalue weighted by Crippen LogP contribution is -2.40. The van der Waals surface area contributed by atoms with Gasteiger partial charge in [-0.1, -0.05) is 6.92 Å². The van der Waals surface area contributed by atoms with Crippen LogP contribution in [0.4, 0.5) is 5.95 Å². The number of piperidine rings is 1. The van der Waals surface area contributed by atoms with Crippen LogP contribution >= 0.6 is 11.6 Å². The van der Waals surface area contributed by atoms with E-state index in [0.717, 1.165) is 25.5 Å². The standard InChI is InChI=1S/C10H14ClN3/c1-8-7-14(6-3-9(8)11)10-12-4-2-5-13-10/h2,4-5,8-9H,3,6-7H2,1H3. The SMILES string of the molecule is CC1CN(c2ncccn2)CCC1Cl. The molecule has 76 valence electrons. The van der Waals surface area contributed by atoms with Crippen molar-refractivity contribution >= 4 is 17.5 Å². The quantitative estimate of drug-likeness (QED) is 0.665. The van der Waals surface area contributed by atoms with Crippen LogP contribution in [0.25, 0.3) is 0 Å². The molecule has 3 nitrogen and oxygen atoms in total. The van der Waals surface area contributed by atoms with E-state index in [0.29, 0.717) is 11.3 Å². The first-order valence-electron chi connectivity index (χ1n) is 4.93. The highest BCUT2D eigenvalue weighted by atomic mass is 35.5. The van der Waals surface area contributed by atoms with E-state index in [9.17, 15) is 0 Å². The zero-order chi connectivity index (χ0) is 9.97. The second-order valence-electron chi connectivity index (χ2n) is 3.78. The van der Waals surface area contributed by atoms with Crippen LogP contribution in [-0.4, -0.2) is 28.4 Å². The third-order valence-electron chi connectivity index (χ3n) is 2.64. The molecule has 0 saturated carbocycles. The molecular weight excluding hydrogens is 198 g/mol. The molecule has 1 aliphatic rings. The summed E-state index contributed by atoms with van der Waals surface area (Å²) in [4.78, 5) is 10.7. The fourth-order valence-corrected chi connectivity index (χ4v) is 1.93. The van der Waals surface area contributed by atoms with Crippen LogP contribution in [0.15, 0.2) is 18.5 Å². The van der Waals surface area contributed by atoms with Gasteiger partial charge in [0.25, 0.3) is 0 Å². The Morgan fingerprint density at radius 2 is 2.14 bits per heavy atom. The van der Waals surface area contributed by atoms with Gasteiger partial charge >= 0.3 is 0 Å². The molecule has 1 aliphatic heterocycles. The molecule has 0 aliphatic carbocycles. The van der Waals surface area contributed by atoms with Gasteiger partial charge in [-0.15, -0.1) is 11.6 Å². The Morgan fingerprint density at radius 1 is 1.43 bits per heavy atom. The van der Waals surface area contributed by atoms with Gasteiger partial charge in [-0.25, -0.2) is 9.97 Å². The topological polar surface area (TPSA) is 29.0 Å².